The van der Waals surface area contributed by atoms with Gasteiger partial charge in [0.05, 0.1) is 0 Å². The molecule has 0 aliphatic rings. The summed E-state index contributed by atoms with van der Waals surface area (Å²) in [4.78, 5) is 1.10. The fourth-order valence-corrected chi connectivity index (χ4v) is 1.77. The summed E-state index contributed by atoms with van der Waals surface area (Å²) in [5.74, 6) is 0. The molecule has 0 radical (unpaired) electrons. The van der Waals surface area contributed by atoms with Gasteiger partial charge >= 0.3 is 0 Å². The van der Waals surface area contributed by atoms with Crippen LogP contribution in [0.15, 0.2) is 29.2 Å². The summed E-state index contributed by atoms with van der Waals surface area (Å²) in [5, 5.41) is 0. The number of hydrogen-bond donors (Lipinski definition) is 2. The van der Waals surface area contributed by atoms with Gasteiger partial charge < -0.3 is 11.9 Å². The lowest BCUT2D eigenvalue weighted by atomic mass is 10.4. The Morgan fingerprint density at radius 2 is 1.83 bits per heavy atom. The van der Waals surface area contributed by atoms with Gasteiger partial charge in [-0.15, -0.1) is 0 Å². The third kappa shape index (κ3) is 4.24. The van der Waals surface area contributed by atoms with Crippen molar-refractivity contribution < 1.29 is 0 Å². The zero-order valence-corrected chi connectivity index (χ0v) is 10.1. The minimum atomic E-state index is 0. The first-order valence-electron chi connectivity index (χ1n) is 2.91. The maximum Gasteiger partial charge on any atom is 0.135 e. The lowest BCUT2D eigenvalue weighted by Gasteiger charge is -1.97. The standard InChI is InChI=1S/C7H6INS2.H3N/c8-5-1-3-6(4-2-5)11-7(9)10;/h1-4H,(H2,9,10);1H3. The van der Waals surface area contributed by atoms with Crippen molar-refractivity contribution in [2.24, 2.45) is 5.73 Å². The van der Waals surface area contributed by atoms with Crippen LogP contribution in [0.3, 0.4) is 0 Å². The van der Waals surface area contributed by atoms with Crippen molar-refractivity contribution in [2.75, 3.05) is 0 Å². The van der Waals surface area contributed by atoms with Crippen molar-refractivity contribution in [3.8, 4) is 0 Å². The van der Waals surface area contributed by atoms with Crippen LogP contribution in [-0.4, -0.2) is 4.32 Å². The normalized spacial score (nSPS) is 8.75. The quantitative estimate of drug-likeness (QED) is 0.475. The maximum absolute atomic E-state index is 5.36. The molecule has 0 fully saturated rings. The minimum absolute atomic E-state index is 0. The lowest BCUT2D eigenvalue weighted by Crippen LogP contribution is -2.00. The average Bonchev–Trinajstić information content (AvgIpc) is 1.93. The van der Waals surface area contributed by atoms with Gasteiger partial charge in [0.15, 0.2) is 0 Å². The highest BCUT2D eigenvalue weighted by Gasteiger charge is 1.94. The zero-order valence-electron chi connectivity index (χ0n) is 6.29. The molecular weight excluding hydrogens is 303 g/mol. The van der Waals surface area contributed by atoms with Crippen molar-refractivity contribution in [3.63, 3.8) is 0 Å². The summed E-state index contributed by atoms with van der Waals surface area (Å²) < 4.78 is 1.68. The van der Waals surface area contributed by atoms with Crippen LogP contribution in [0.1, 0.15) is 0 Å². The molecule has 0 heterocycles. The van der Waals surface area contributed by atoms with Gasteiger partial charge in [-0.2, -0.15) is 0 Å². The SMILES string of the molecule is N.NC(=S)Sc1ccc(I)cc1. The van der Waals surface area contributed by atoms with Gasteiger partial charge in [-0.25, -0.2) is 0 Å². The molecular formula is C7H9IN2S2. The Morgan fingerprint density at radius 1 is 1.33 bits per heavy atom. The van der Waals surface area contributed by atoms with Crippen LogP contribution in [0.5, 0.6) is 0 Å². The van der Waals surface area contributed by atoms with Gasteiger partial charge in [0.2, 0.25) is 0 Å². The third-order valence-corrected chi connectivity index (χ3v) is 2.71. The lowest BCUT2D eigenvalue weighted by molar-refractivity contribution is 1.45. The summed E-state index contributed by atoms with van der Waals surface area (Å²) in [7, 11) is 0. The summed E-state index contributed by atoms with van der Waals surface area (Å²) in [6.45, 7) is 0. The van der Waals surface area contributed by atoms with Crippen LogP contribution in [-0.2, 0) is 0 Å². The van der Waals surface area contributed by atoms with Gasteiger partial charge in [-0.3, -0.25) is 0 Å². The maximum atomic E-state index is 5.36. The Balaban J connectivity index is 0.00000121. The van der Waals surface area contributed by atoms with Crippen molar-refractivity contribution in [3.05, 3.63) is 27.8 Å². The molecule has 5 N–H and O–H groups in total. The summed E-state index contributed by atoms with van der Waals surface area (Å²) in [6.07, 6.45) is 0. The molecule has 0 bridgehead atoms. The highest BCUT2D eigenvalue weighted by molar-refractivity contribution is 14.1. The number of benzene rings is 1. The van der Waals surface area contributed by atoms with Crippen LogP contribution >= 0.6 is 46.6 Å². The van der Waals surface area contributed by atoms with E-state index in [2.05, 4.69) is 22.6 Å². The minimum Gasteiger partial charge on any atom is -0.384 e. The van der Waals surface area contributed by atoms with Crippen LogP contribution in [0, 0.1) is 3.57 Å². The average molecular weight is 312 g/mol. The van der Waals surface area contributed by atoms with Crippen molar-refractivity contribution in [2.45, 2.75) is 4.90 Å². The fourth-order valence-electron chi connectivity index (χ4n) is 0.619. The molecule has 0 atom stereocenters. The molecule has 1 rings (SSSR count). The molecule has 0 aliphatic heterocycles. The van der Waals surface area contributed by atoms with Gasteiger partial charge in [0, 0.05) is 8.47 Å². The number of hydrogen-bond acceptors (Lipinski definition) is 3. The highest BCUT2D eigenvalue weighted by atomic mass is 127. The molecule has 0 saturated carbocycles. The highest BCUT2D eigenvalue weighted by Crippen LogP contribution is 2.18. The largest absolute Gasteiger partial charge is 0.384 e. The zero-order chi connectivity index (χ0) is 8.27. The molecule has 0 spiro atoms. The molecule has 0 amide bonds. The van der Waals surface area contributed by atoms with Gasteiger partial charge in [-0.05, 0) is 46.9 Å². The Kier molecular flexibility index (Phi) is 5.81. The second-order valence-corrected chi connectivity index (χ2v) is 4.93. The molecule has 0 unspecified atom stereocenters. The Morgan fingerprint density at radius 3 is 2.25 bits per heavy atom. The topological polar surface area (TPSA) is 61.0 Å². The van der Waals surface area contributed by atoms with E-state index in [4.69, 9.17) is 18.0 Å². The molecule has 1 aromatic rings. The predicted octanol–water partition coefficient (Wildman–Crippen LogP) is 2.79. The predicted molar refractivity (Wildman–Crippen MR) is 66.8 cm³/mol. The third-order valence-electron chi connectivity index (χ3n) is 1.03. The second kappa shape index (κ2) is 5.74. The Bertz CT molecular complexity index is 261. The van der Waals surface area contributed by atoms with Gasteiger partial charge in [0.1, 0.15) is 4.32 Å². The van der Waals surface area contributed by atoms with Crippen molar-refractivity contribution >= 4 is 50.9 Å². The number of nitrogens with two attached hydrogens (primary N) is 1. The van der Waals surface area contributed by atoms with Crippen molar-refractivity contribution in [1.29, 1.82) is 0 Å². The second-order valence-electron chi connectivity index (χ2n) is 1.88. The van der Waals surface area contributed by atoms with Crippen LogP contribution < -0.4 is 11.9 Å². The van der Waals surface area contributed by atoms with E-state index in [1.165, 1.54) is 15.3 Å². The van der Waals surface area contributed by atoms with E-state index in [-0.39, 0.29) is 6.15 Å². The summed E-state index contributed by atoms with van der Waals surface area (Å²) in [5.41, 5.74) is 5.36. The Labute approximate surface area is 95.0 Å². The summed E-state index contributed by atoms with van der Waals surface area (Å²) in [6, 6.07) is 8.07. The molecule has 1 aromatic carbocycles. The first-order valence-corrected chi connectivity index (χ1v) is 5.21. The smallest absolute Gasteiger partial charge is 0.135 e. The number of halogens is 1. The molecule has 5 heteroatoms. The van der Waals surface area contributed by atoms with E-state index in [1.54, 1.807) is 0 Å². The van der Waals surface area contributed by atoms with E-state index >= 15 is 0 Å². The van der Waals surface area contributed by atoms with Crippen LogP contribution in [0.2, 0.25) is 0 Å². The number of thioether (sulfide) groups is 1. The van der Waals surface area contributed by atoms with E-state index in [9.17, 15) is 0 Å². The molecule has 0 aromatic heterocycles. The fraction of sp³-hybridized carbons (Fsp3) is 0. The Hall–Kier alpha value is 0.150. The van der Waals surface area contributed by atoms with Crippen LogP contribution in [0.4, 0.5) is 0 Å². The van der Waals surface area contributed by atoms with Crippen molar-refractivity contribution in [1.82, 2.24) is 6.15 Å². The monoisotopic (exact) mass is 312 g/mol. The first-order chi connectivity index (χ1) is 5.18. The van der Waals surface area contributed by atoms with E-state index in [0.29, 0.717) is 4.32 Å². The molecule has 0 saturated heterocycles. The van der Waals surface area contributed by atoms with E-state index in [1.807, 2.05) is 24.3 Å². The van der Waals surface area contributed by atoms with Gasteiger partial charge in [0.25, 0.3) is 0 Å². The van der Waals surface area contributed by atoms with E-state index in [0.717, 1.165) is 4.90 Å². The summed E-state index contributed by atoms with van der Waals surface area (Å²) >= 11 is 8.42. The molecule has 12 heavy (non-hydrogen) atoms. The van der Waals surface area contributed by atoms with E-state index < -0.39 is 0 Å². The number of rotatable bonds is 1. The molecule has 0 aliphatic carbocycles. The molecule has 66 valence electrons. The number of thiocarbonyl (C=S) groups is 1. The van der Waals surface area contributed by atoms with Gasteiger partial charge in [-0.1, -0.05) is 24.0 Å². The van der Waals surface area contributed by atoms with Crippen LogP contribution in [0.25, 0.3) is 0 Å². The first kappa shape index (κ1) is 12.2. The molecule has 2 nitrogen and oxygen atoms in total.